The van der Waals surface area contributed by atoms with Crippen molar-refractivity contribution in [1.29, 1.82) is 0 Å². The summed E-state index contributed by atoms with van der Waals surface area (Å²) in [6.07, 6.45) is 3.98. The molecule has 0 aromatic carbocycles. The number of hydrogen-bond acceptors (Lipinski definition) is 4. The first-order valence-corrected chi connectivity index (χ1v) is 8.12. The maximum Gasteiger partial charge on any atom is 0.150 e. The van der Waals surface area contributed by atoms with Gasteiger partial charge >= 0.3 is 0 Å². The Labute approximate surface area is 131 Å². The fourth-order valence-corrected chi connectivity index (χ4v) is 3.64. The number of thiol groups is 1. The molecule has 0 bridgehead atoms. The van der Waals surface area contributed by atoms with E-state index in [0.717, 1.165) is 32.0 Å². The Kier molecular flexibility index (Phi) is 4.13. The van der Waals surface area contributed by atoms with Crippen LogP contribution < -0.4 is 4.90 Å². The molecule has 0 amide bonds. The van der Waals surface area contributed by atoms with E-state index in [1.54, 1.807) is 3.97 Å². The highest BCUT2D eigenvalue weighted by Gasteiger charge is 2.37. The topological polar surface area (TPSA) is 30.3 Å². The number of rotatable bonds is 1. The molecule has 0 spiro atoms. The van der Waals surface area contributed by atoms with Crippen LogP contribution in [0.25, 0.3) is 11.0 Å². The molecular formula is C16H23N3OS. The van der Waals surface area contributed by atoms with Crippen molar-refractivity contribution >= 4 is 29.5 Å². The zero-order valence-corrected chi connectivity index (χ0v) is 13.8. The van der Waals surface area contributed by atoms with Gasteiger partial charge in [0.1, 0.15) is 5.65 Å². The van der Waals surface area contributed by atoms with Gasteiger partial charge in [-0.3, -0.25) is 3.97 Å². The van der Waals surface area contributed by atoms with Crippen LogP contribution in [0.2, 0.25) is 0 Å². The van der Waals surface area contributed by atoms with Gasteiger partial charge in [-0.2, -0.15) is 0 Å². The molecule has 5 heteroatoms. The Balaban J connectivity index is 0.000000636. The molecule has 2 aromatic heterocycles. The SMILES string of the molecule is CC.Cc1cn(S)c2ncc(N3CC4COCC4C3)cc12. The largest absolute Gasteiger partial charge is 0.381 e. The Morgan fingerprint density at radius 3 is 2.57 bits per heavy atom. The molecule has 21 heavy (non-hydrogen) atoms. The van der Waals surface area contributed by atoms with Gasteiger partial charge in [-0.1, -0.05) is 26.7 Å². The van der Waals surface area contributed by atoms with E-state index in [1.165, 1.54) is 16.6 Å². The van der Waals surface area contributed by atoms with Crippen molar-refractivity contribution in [1.82, 2.24) is 8.96 Å². The van der Waals surface area contributed by atoms with Crippen molar-refractivity contribution in [2.75, 3.05) is 31.2 Å². The van der Waals surface area contributed by atoms with E-state index < -0.39 is 0 Å². The van der Waals surface area contributed by atoms with Crippen LogP contribution in [0.5, 0.6) is 0 Å². The number of aryl methyl sites for hydroxylation is 1. The van der Waals surface area contributed by atoms with E-state index in [2.05, 4.69) is 35.7 Å². The van der Waals surface area contributed by atoms with Gasteiger partial charge in [0, 0.05) is 36.5 Å². The minimum absolute atomic E-state index is 0.700. The standard InChI is InChI=1S/C14H17N3OS.C2H6/c1-9-4-17(19)14-13(9)2-12(3-15-14)16-5-10-7-18-8-11(10)6-16;1-2/h2-4,10-11,19H,5-8H2,1H3;1-2H3. The molecule has 2 unspecified atom stereocenters. The minimum atomic E-state index is 0.700. The van der Waals surface area contributed by atoms with E-state index >= 15 is 0 Å². The average Bonchev–Trinajstić information content (AvgIpc) is 3.15. The lowest BCUT2D eigenvalue weighted by molar-refractivity contribution is 0.177. The maximum absolute atomic E-state index is 5.53. The lowest BCUT2D eigenvalue weighted by Gasteiger charge is -2.19. The number of fused-ring (bicyclic) bond motifs is 2. The van der Waals surface area contributed by atoms with Crippen LogP contribution in [0, 0.1) is 18.8 Å². The molecule has 2 aliphatic heterocycles. The third kappa shape index (κ3) is 2.53. The molecule has 2 atom stereocenters. The molecule has 0 saturated carbocycles. The van der Waals surface area contributed by atoms with E-state index in [9.17, 15) is 0 Å². The predicted molar refractivity (Wildman–Crippen MR) is 90.2 cm³/mol. The van der Waals surface area contributed by atoms with E-state index in [1.807, 2.05) is 26.2 Å². The van der Waals surface area contributed by atoms with Gasteiger partial charge < -0.3 is 9.64 Å². The van der Waals surface area contributed by atoms with Crippen LogP contribution in [0.1, 0.15) is 19.4 Å². The molecule has 2 aromatic rings. The highest BCUT2D eigenvalue weighted by atomic mass is 32.1. The van der Waals surface area contributed by atoms with Crippen LogP contribution in [0.15, 0.2) is 18.5 Å². The van der Waals surface area contributed by atoms with Crippen LogP contribution in [-0.2, 0) is 4.74 Å². The molecule has 2 fully saturated rings. The smallest absolute Gasteiger partial charge is 0.150 e. The van der Waals surface area contributed by atoms with Crippen LogP contribution in [-0.4, -0.2) is 35.3 Å². The first-order chi connectivity index (χ1) is 10.2. The minimum Gasteiger partial charge on any atom is -0.381 e. The molecule has 4 heterocycles. The fraction of sp³-hybridized carbons (Fsp3) is 0.562. The first kappa shape index (κ1) is 14.7. The monoisotopic (exact) mass is 305 g/mol. The number of ether oxygens (including phenoxy) is 1. The van der Waals surface area contributed by atoms with Gasteiger partial charge in [0.05, 0.1) is 25.1 Å². The number of aromatic nitrogens is 2. The second-order valence-corrected chi connectivity index (χ2v) is 6.11. The van der Waals surface area contributed by atoms with Gasteiger partial charge in [-0.05, 0) is 18.6 Å². The summed E-state index contributed by atoms with van der Waals surface area (Å²) in [7, 11) is 0. The predicted octanol–water partition coefficient (Wildman–Crippen LogP) is 3.15. The second kappa shape index (κ2) is 5.89. The third-order valence-electron chi connectivity index (χ3n) is 4.42. The van der Waals surface area contributed by atoms with E-state index in [0.29, 0.717) is 11.8 Å². The Morgan fingerprint density at radius 1 is 1.24 bits per heavy atom. The average molecular weight is 305 g/mol. The molecule has 0 radical (unpaired) electrons. The Morgan fingerprint density at radius 2 is 1.90 bits per heavy atom. The maximum atomic E-state index is 5.53. The summed E-state index contributed by atoms with van der Waals surface area (Å²) in [5, 5.41) is 1.20. The third-order valence-corrected chi connectivity index (χ3v) is 4.72. The van der Waals surface area contributed by atoms with Crippen LogP contribution in [0.4, 0.5) is 5.69 Å². The summed E-state index contributed by atoms with van der Waals surface area (Å²) in [5.41, 5.74) is 3.39. The van der Waals surface area contributed by atoms with Gasteiger partial charge in [-0.15, -0.1) is 0 Å². The van der Waals surface area contributed by atoms with Gasteiger partial charge in [0.25, 0.3) is 0 Å². The summed E-state index contributed by atoms with van der Waals surface area (Å²) < 4.78 is 7.33. The lowest BCUT2D eigenvalue weighted by Crippen LogP contribution is -2.22. The first-order valence-electron chi connectivity index (χ1n) is 7.72. The molecule has 2 aliphatic rings. The number of nitrogens with zero attached hydrogens (tertiary/aromatic N) is 3. The molecule has 4 rings (SSSR count). The molecule has 0 aliphatic carbocycles. The van der Waals surface area contributed by atoms with E-state index in [-0.39, 0.29) is 0 Å². The molecule has 114 valence electrons. The normalized spacial score (nSPS) is 24.1. The summed E-state index contributed by atoms with van der Waals surface area (Å²) in [6, 6.07) is 2.24. The van der Waals surface area contributed by atoms with Crippen LogP contribution in [0.3, 0.4) is 0 Å². The summed E-state index contributed by atoms with van der Waals surface area (Å²) in [5.74, 6) is 1.40. The molecule has 0 N–H and O–H groups in total. The summed E-state index contributed by atoms with van der Waals surface area (Å²) >= 11 is 4.39. The van der Waals surface area contributed by atoms with Gasteiger partial charge in [0.15, 0.2) is 0 Å². The van der Waals surface area contributed by atoms with Gasteiger partial charge in [0.2, 0.25) is 0 Å². The van der Waals surface area contributed by atoms with Crippen LogP contribution >= 0.6 is 12.8 Å². The second-order valence-electron chi connectivity index (χ2n) is 5.68. The summed E-state index contributed by atoms with van der Waals surface area (Å²) in [4.78, 5) is 7.00. The van der Waals surface area contributed by atoms with Crippen molar-refractivity contribution in [2.24, 2.45) is 11.8 Å². The quantitative estimate of drug-likeness (QED) is 0.821. The van der Waals surface area contributed by atoms with E-state index in [4.69, 9.17) is 4.74 Å². The summed E-state index contributed by atoms with van der Waals surface area (Å²) in [6.45, 7) is 10.1. The fourth-order valence-electron chi connectivity index (χ4n) is 3.30. The molecule has 2 saturated heterocycles. The molecule has 4 nitrogen and oxygen atoms in total. The zero-order valence-electron chi connectivity index (χ0n) is 12.9. The van der Waals surface area contributed by atoms with Gasteiger partial charge in [-0.25, -0.2) is 4.98 Å². The Bertz CT molecular complexity index is 628. The van der Waals surface area contributed by atoms with Crippen molar-refractivity contribution in [2.45, 2.75) is 20.8 Å². The van der Waals surface area contributed by atoms with Crippen molar-refractivity contribution < 1.29 is 4.74 Å². The molecular weight excluding hydrogens is 282 g/mol. The van der Waals surface area contributed by atoms with Crippen molar-refractivity contribution in [3.05, 3.63) is 24.0 Å². The highest BCUT2D eigenvalue weighted by molar-refractivity contribution is 7.78. The van der Waals surface area contributed by atoms with Crippen molar-refractivity contribution in [3.63, 3.8) is 0 Å². The lowest BCUT2D eigenvalue weighted by atomic mass is 10.0. The zero-order chi connectivity index (χ0) is 15.0. The number of pyridine rings is 1. The number of anilines is 1. The number of hydrogen-bond donors (Lipinski definition) is 1. The Hall–Kier alpha value is -1.20. The highest BCUT2D eigenvalue weighted by Crippen LogP contribution is 2.33. The van der Waals surface area contributed by atoms with Crippen molar-refractivity contribution in [3.8, 4) is 0 Å².